The predicted molar refractivity (Wildman–Crippen MR) is 91.5 cm³/mol. The lowest BCUT2D eigenvalue weighted by atomic mass is 9.95. The van der Waals surface area contributed by atoms with Crippen molar-refractivity contribution < 1.29 is 9.47 Å². The Morgan fingerprint density at radius 2 is 2.04 bits per heavy atom. The van der Waals surface area contributed by atoms with Crippen molar-refractivity contribution in [3.63, 3.8) is 0 Å². The molecule has 25 heavy (non-hydrogen) atoms. The summed E-state index contributed by atoms with van der Waals surface area (Å²) in [5.41, 5.74) is 1.22. The van der Waals surface area contributed by atoms with E-state index in [1.807, 2.05) is 12.1 Å². The summed E-state index contributed by atoms with van der Waals surface area (Å²) in [7, 11) is 0. The van der Waals surface area contributed by atoms with Crippen LogP contribution in [-0.2, 0) is 19.6 Å². The van der Waals surface area contributed by atoms with Crippen LogP contribution in [0.2, 0.25) is 0 Å². The topological polar surface area (TPSA) is 64.4 Å². The third kappa shape index (κ3) is 2.77. The van der Waals surface area contributed by atoms with Crippen LogP contribution in [-0.4, -0.2) is 46.1 Å². The maximum absolute atomic E-state index is 5.64. The largest absolute Gasteiger partial charge is 0.454 e. The van der Waals surface area contributed by atoms with Gasteiger partial charge in [-0.2, -0.15) is 0 Å². The molecule has 1 aromatic heterocycles. The molecule has 0 aliphatic carbocycles. The first-order valence-electron chi connectivity index (χ1n) is 9.11. The van der Waals surface area contributed by atoms with E-state index in [9.17, 15) is 0 Å². The molecule has 2 aromatic rings. The van der Waals surface area contributed by atoms with Gasteiger partial charge in [0.2, 0.25) is 6.79 Å². The van der Waals surface area contributed by atoms with Crippen LogP contribution in [0.1, 0.15) is 36.0 Å². The number of benzene rings is 1. The molecule has 0 spiro atoms. The Morgan fingerprint density at radius 3 is 2.96 bits per heavy atom. The summed E-state index contributed by atoms with van der Waals surface area (Å²) in [4.78, 5) is 2.50. The number of ether oxygens (including phenoxy) is 2. The van der Waals surface area contributed by atoms with Crippen molar-refractivity contribution in [3.05, 3.63) is 35.4 Å². The molecule has 7 heteroatoms. The highest BCUT2D eigenvalue weighted by molar-refractivity contribution is 5.48. The van der Waals surface area contributed by atoms with Gasteiger partial charge in [0.15, 0.2) is 11.5 Å². The number of piperidine rings is 1. The quantitative estimate of drug-likeness (QED) is 0.913. The first-order valence-corrected chi connectivity index (χ1v) is 9.11. The summed E-state index contributed by atoms with van der Waals surface area (Å²) < 4.78 is 13.4. The second-order valence-electron chi connectivity index (χ2n) is 7.00. The van der Waals surface area contributed by atoms with Gasteiger partial charge in [0.05, 0.1) is 6.54 Å². The molecule has 1 N–H and O–H groups in total. The lowest BCUT2D eigenvalue weighted by molar-refractivity contribution is 0.169. The van der Waals surface area contributed by atoms with E-state index in [4.69, 9.17) is 9.47 Å². The standard InChI is InChI=1S/C18H23N5O2/c1-2-14(17-15(3-1)24-12-25-17)11-22-7-4-13(5-8-22)18-21-20-16-10-19-6-9-23(16)18/h1-3,13,19H,4-12H2. The SMILES string of the molecule is c1cc(CN2CCC(c3nnc4n3CCNC4)CC2)c2c(c1)OCO2. The van der Waals surface area contributed by atoms with Crippen LogP contribution in [0.3, 0.4) is 0 Å². The molecule has 0 atom stereocenters. The Bertz CT molecular complexity index is 767. The normalized spacial score (nSPS) is 20.6. The lowest BCUT2D eigenvalue weighted by Gasteiger charge is -2.32. The highest BCUT2D eigenvalue weighted by Gasteiger charge is 2.28. The van der Waals surface area contributed by atoms with Gasteiger partial charge >= 0.3 is 0 Å². The second kappa shape index (κ2) is 6.31. The summed E-state index contributed by atoms with van der Waals surface area (Å²) in [5.74, 6) is 4.59. The summed E-state index contributed by atoms with van der Waals surface area (Å²) in [6.45, 7) is 6.25. The molecule has 5 rings (SSSR count). The van der Waals surface area contributed by atoms with Crippen molar-refractivity contribution in [2.24, 2.45) is 0 Å². The average Bonchev–Trinajstić information content (AvgIpc) is 3.30. The van der Waals surface area contributed by atoms with E-state index < -0.39 is 0 Å². The van der Waals surface area contributed by atoms with Crippen molar-refractivity contribution in [2.45, 2.75) is 38.4 Å². The molecule has 0 bridgehead atoms. The molecule has 1 fully saturated rings. The summed E-state index contributed by atoms with van der Waals surface area (Å²) in [5, 5.41) is 12.2. The highest BCUT2D eigenvalue weighted by atomic mass is 16.7. The van der Waals surface area contributed by atoms with Crippen molar-refractivity contribution in [1.29, 1.82) is 0 Å². The Hall–Kier alpha value is -2.12. The van der Waals surface area contributed by atoms with E-state index in [1.165, 1.54) is 11.4 Å². The smallest absolute Gasteiger partial charge is 0.231 e. The van der Waals surface area contributed by atoms with E-state index >= 15 is 0 Å². The maximum Gasteiger partial charge on any atom is 0.231 e. The fourth-order valence-corrected chi connectivity index (χ4v) is 4.12. The molecule has 1 saturated heterocycles. The van der Waals surface area contributed by atoms with Crippen LogP contribution < -0.4 is 14.8 Å². The molecule has 3 aliphatic heterocycles. The van der Waals surface area contributed by atoms with Gasteiger partial charge in [0, 0.05) is 31.1 Å². The van der Waals surface area contributed by atoms with Crippen LogP contribution in [0.15, 0.2) is 18.2 Å². The molecule has 1 aromatic carbocycles. The number of hydrogen-bond acceptors (Lipinski definition) is 6. The fourth-order valence-electron chi connectivity index (χ4n) is 4.12. The van der Waals surface area contributed by atoms with Gasteiger partial charge < -0.3 is 19.4 Å². The molecule has 0 saturated carbocycles. The number of nitrogens with zero attached hydrogens (tertiary/aromatic N) is 4. The number of likely N-dealkylation sites (tertiary alicyclic amines) is 1. The molecule has 0 unspecified atom stereocenters. The maximum atomic E-state index is 5.64. The first kappa shape index (κ1) is 15.2. The molecule has 4 heterocycles. The monoisotopic (exact) mass is 341 g/mol. The molecule has 0 amide bonds. The zero-order chi connectivity index (χ0) is 16.6. The van der Waals surface area contributed by atoms with Crippen LogP contribution in [0, 0.1) is 0 Å². The van der Waals surface area contributed by atoms with E-state index in [1.54, 1.807) is 0 Å². The minimum absolute atomic E-state index is 0.335. The highest BCUT2D eigenvalue weighted by Crippen LogP contribution is 2.37. The third-order valence-electron chi connectivity index (χ3n) is 5.48. The van der Waals surface area contributed by atoms with Gasteiger partial charge in [-0.1, -0.05) is 12.1 Å². The molecule has 132 valence electrons. The van der Waals surface area contributed by atoms with Crippen molar-refractivity contribution in [1.82, 2.24) is 25.0 Å². The first-order chi connectivity index (χ1) is 12.4. The lowest BCUT2D eigenvalue weighted by Crippen LogP contribution is -2.34. The molecular formula is C18H23N5O2. The van der Waals surface area contributed by atoms with Gasteiger partial charge in [-0.3, -0.25) is 4.90 Å². The fraction of sp³-hybridized carbons (Fsp3) is 0.556. The minimum Gasteiger partial charge on any atom is -0.454 e. The summed E-state index contributed by atoms with van der Waals surface area (Å²) in [6, 6.07) is 6.16. The number of hydrogen-bond donors (Lipinski definition) is 1. The average molecular weight is 341 g/mol. The van der Waals surface area contributed by atoms with E-state index in [0.29, 0.717) is 12.7 Å². The molecular weight excluding hydrogens is 318 g/mol. The van der Waals surface area contributed by atoms with Crippen molar-refractivity contribution >= 4 is 0 Å². The van der Waals surface area contributed by atoms with Gasteiger partial charge in [-0.05, 0) is 32.0 Å². The minimum atomic E-state index is 0.335. The van der Waals surface area contributed by atoms with Crippen molar-refractivity contribution in [3.8, 4) is 11.5 Å². The van der Waals surface area contributed by atoms with Crippen LogP contribution in [0.4, 0.5) is 0 Å². The number of para-hydroxylation sites is 1. The predicted octanol–water partition coefficient (Wildman–Crippen LogP) is 1.49. The van der Waals surface area contributed by atoms with E-state index in [-0.39, 0.29) is 0 Å². The van der Waals surface area contributed by atoms with Gasteiger partial charge in [-0.25, -0.2) is 0 Å². The number of aromatic nitrogens is 3. The summed E-state index contributed by atoms with van der Waals surface area (Å²) in [6.07, 6.45) is 2.27. The Labute approximate surface area is 146 Å². The molecule has 3 aliphatic rings. The Balaban J connectivity index is 1.25. The van der Waals surface area contributed by atoms with Crippen LogP contribution >= 0.6 is 0 Å². The molecule has 7 nitrogen and oxygen atoms in total. The van der Waals surface area contributed by atoms with Gasteiger partial charge in [0.25, 0.3) is 0 Å². The number of fused-ring (bicyclic) bond motifs is 2. The summed E-state index contributed by atoms with van der Waals surface area (Å²) >= 11 is 0. The zero-order valence-corrected chi connectivity index (χ0v) is 14.3. The van der Waals surface area contributed by atoms with E-state index in [0.717, 1.165) is 69.4 Å². The zero-order valence-electron chi connectivity index (χ0n) is 14.3. The second-order valence-corrected chi connectivity index (χ2v) is 7.00. The van der Waals surface area contributed by atoms with Gasteiger partial charge in [0.1, 0.15) is 11.6 Å². The van der Waals surface area contributed by atoms with E-state index in [2.05, 4.69) is 31.0 Å². The van der Waals surface area contributed by atoms with Gasteiger partial charge in [-0.15, -0.1) is 10.2 Å². The molecule has 0 radical (unpaired) electrons. The van der Waals surface area contributed by atoms with Crippen molar-refractivity contribution in [2.75, 3.05) is 26.4 Å². The Kier molecular flexibility index (Phi) is 3.83. The van der Waals surface area contributed by atoms with Crippen LogP contribution in [0.25, 0.3) is 0 Å². The number of rotatable bonds is 3. The third-order valence-corrected chi connectivity index (χ3v) is 5.48. The Morgan fingerprint density at radius 1 is 1.12 bits per heavy atom. The van der Waals surface area contributed by atoms with Crippen LogP contribution in [0.5, 0.6) is 11.5 Å². The number of nitrogens with one attached hydrogen (secondary N) is 1.